The third kappa shape index (κ3) is 3.82. The first-order chi connectivity index (χ1) is 10.0. The monoisotopic (exact) mass is 305 g/mol. The Bertz CT molecular complexity index is 719. The second-order valence-corrected chi connectivity index (χ2v) is 5.79. The van der Waals surface area contributed by atoms with Crippen LogP contribution in [-0.4, -0.2) is 28.9 Å². The van der Waals surface area contributed by atoms with Crippen LogP contribution in [0.5, 0.6) is 11.5 Å². The van der Waals surface area contributed by atoms with Crippen LogP contribution < -0.4 is 9.47 Å². The number of ether oxygens (including phenoxy) is 2. The molecule has 0 N–H and O–H groups in total. The Morgan fingerprint density at radius 3 is 1.81 bits per heavy atom. The second kappa shape index (κ2) is 6.41. The molecule has 6 heteroatoms. The molecule has 0 atom stereocenters. The molecule has 0 saturated heterocycles. The molecule has 2 aromatic carbocycles. The molecule has 0 aromatic heterocycles. The molecule has 0 bridgehead atoms. The molecule has 110 valence electrons. The lowest BCUT2D eigenvalue weighted by molar-refractivity contribution is 0.414. The zero-order valence-electron chi connectivity index (χ0n) is 11.7. The number of benzene rings is 2. The highest BCUT2D eigenvalue weighted by atomic mass is 32.2. The lowest BCUT2D eigenvalue weighted by Crippen LogP contribution is -1.98. The summed E-state index contributed by atoms with van der Waals surface area (Å²) >= 11 is 0. The van der Waals surface area contributed by atoms with Crippen LogP contribution in [0.2, 0.25) is 0 Å². The fraction of sp³-hybridized carbons (Fsp3) is 0.133. The van der Waals surface area contributed by atoms with E-state index in [1.165, 1.54) is 25.5 Å². The minimum atomic E-state index is -3.72. The Hall–Kier alpha value is -2.34. The van der Waals surface area contributed by atoms with E-state index in [1.807, 2.05) is 0 Å². The molecule has 0 heterocycles. The molecule has 0 spiro atoms. The summed E-state index contributed by atoms with van der Waals surface area (Å²) in [7, 11) is -0.631. The predicted molar refractivity (Wildman–Crippen MR) is 80.8 cm³/mol. The van der Waals surface area contributed by atoms with Gasteiger partial charge in [0.2, 0.25) is 0 Å². The van der Waals surface area contributed by atoms with Gasteiger partial charge in [0, 0.05) is 6.21 Å². The number of sulfonamides is 1. The van der Waals surface area contributed by atoms with E-state index in [-0.39, 0.29) is 4.90 Å². The molecule has 0 unspecified atom stereocenters. The molecule has 21 heavy (non-hydrogen) atoms. The molecule has 0 aliphatic rings. The maximum absolute atomic E-state index is 12.1. The molecule has 0 aliphatic heterocycles. The number of hydrogen-bond acceptors (Lipinski definition) is 4. The van der Waals surface area contributed by atoms with Crippen molar-refractivity contribution in [1.82, 2.24) is 0 Å². The minimum Gasteiger partial charge on any atom is -0.497 e. The van der Waals surface area contributed by atoms with Crippen LogP contribution in [-0.2, 0) is 10.0 Å². The summed E-state index contributed by atoms with van der Waals surface area (Å²) in [5, 5.41) is 0. The van der Waals surface area contributed by atoms with E-state index >= 15 is 0 Å². The third-order valence-corrected chi connectivity index (χ3v) is 4.06. The summed E-state index contributed by atoms with van der Waals surface area (Å²) in [5.74, 6) is 1.29. The van der Waals surface area contributed by atoms with E-state index in [0.29, 0.717) is 17.1 Å². The van der Waals surface area contributed by atoms with Crippen LogP contribution in [0.25, 0.3) is 0 Å². The molecule has 0 saturated carbocycles. The highest BCUT2D eigenvalue weighted by Crippen LogP contribution is 2.17. The quantitative estimate of drug-likeness (QED) is 0.796. The van der Waals surface area contributed by atoms with Crippen LogP contribution >= 0.6 is 0 Å². The van der Waals surface area contributed by atoms with Gasteiger partial charge in [-0.15, -0.1) is 0 Å². The molecular weight excluding hydrogens is 290 g/mol. The molecule has 2 aromatic rings. The highest BCUT2D eigenvalue weighted by Gasteiger charge is 2.11. The van der Waals surface area contributed by atoms with E-state index in [4.69, 9.17) is 9.47 Å². The van der Waals surface area contributed by atoms with E-state index in [9.17, 15) is 8.42 Å². The van der Waals surface area contributed by atoms with Crippen molar-refractivity contribution in [2.75, 3.05) is 14.2 Å². The molecule has 5 nitrogen and oxygen atoms in total. The Balaban J connectivity index is 2.20. The molecule has 0 fully saturated rings. The highest BCUT2D eigenvalue weighted by molar-refractivity contribution is 7.90. The van der Waals surface area contributed by atoms with Crippen molar-refractivity contribution in [2.45, 2.75) is 4.90 Å². The van der Waals surface area contributed by atoms with Gasteiger partial charge in [-0.25, -0.2) is 0 Å². The van der Waals surface area contributed by atoms with Gasteiger partial charge in [0.05, 0.1) is 19.1 Å². The van der Waals surface area contributed by atoms with Gasteiger partial charge in [-0.1, -0.05) is 0 Å². The smallest absolute Gasteiger partial charge is 0.282 e. The minimum absolute atomic E-state index is 0.119. The average molecular weight is 305 g/mol. The zero-order chi connectivity index (χ0) is 15.3. The summed E-state index contributed by atoms with van der Waals surface area (Å²) in [5.41, 5.74) is 0.674. The van der Waals surface area contributed by atoms with Gasteiger partial charge < -0.3 is 9.47 Å². The molecule has 0 amide bonds. The van der Waals surface area contributed by atoms with Crippen LogP contribution in [0.4, 0.5) is 0 Å². The van der Waals surface area contributed by atoms with Gasteiger partial charge in [-0.3, -0.25) is 0 Å². The van der Waals surface area contributed by atoms with Gasteiger partial charge >= 0.3 is 0 Å². The SMILES string of the molecule is COc1ccc(C=NS(=O)(=O)c2ccc(OC)cc2)cc1. The first kappa shape index (κ1) is 15.1. The lowest BCUT2D eigenvalue weighted by atomic mass is 10.2. The second-order valence-electron chi connectivity index (χ2n) is 4.16. The number of nitrogens with zero attached hydrogens (tertiary/aromatic N) is 1. The van der Waals surface area contributed by atoms with Crippen molar-refractivity contribution >= 4 is 16.2 Å². The van der Waals surface area contributed by atoms with Crippen LogP contribution in [0.15, 0.2) is 57.8 Å². The fourth-order valence-electron chi connectivity index (χ4n) is 1.63. The van der Waals surface area contributed by atoms with Crippen molar-refractivity contribution in [3.8, 4) is 11.5 Å². The largest absolute Gasteiger partial charge is 0.497 e. The first-order valence-electron chi connectivity index (χ1n) is 6.13. The fourth-order valence-corrected chi connectivity index (χ4v) is 2.49. The van der Waals surface area contributed by atoms with E-state index < -0.39 is 10.0 Å². The van der Waals surface area contributed by atoms with Gasteiger partial charge in [-0.2, -0.15) is 12.8 Å². The van der Waals surface area contributed by atoms with Gasteiger partial charge in [0.15, 0.2) is 0 Å². The number of hydrogen-bond donors (Lipinski definition) is 0. The standard InChI is InChI=1S/C15H15NO4S/c1-19-13-5-3-12(4-6-13)11-16-21(17,18)15-9-7-14(20-2)8-10-15/h3-11H,1-2H3. The number of methoxy groups -OCH3 is 2. The van der Waals surface area contributed by atoms with Gasteiger partial charge in [0.25, 0.3) is 10.0 Å². The van der Waals surface area contributed by atoms with Crippen LogP contribution in [0, 0.1) is 0 Å². The van der Waals surface area contributed by atoms with E-state index in [2.05, 4.69) is 4.40 Å². The summed E-state index contributed by atoms with van der Waals surface area (Å²) in [6.07, 6.45) is 1.30. The van der Waals surface area contributed by atoms with E-state index in [0.717, 1.165) is 0 Å². The van der Waals surface area contributed by atoms with Crippen LogP contribution in [0.3, 0.4) is 0 Å². The summed E-state index contributed by atoms with van der Waals surface area (Å²) < 4.78 is 37.8. The Kier molecular flexibility index (Phi) is 4.59. The molecule has 0 radical (unpaired) electrons. The topological polar surface area (TPSA) is 65.0 Å². The van der Waals surface area contributed by atoms with Crippen molar-refractivity contribution in [3.05, 3.63) is 54.1 Å². The lowest BCUT2D eigenvalue weighted by Gasteiger charge is -2.02. The molecule has 0 aliphatic carbocycles. The Morgan fingerprint density at radius 2 is 1.33 bits per heavy atom. The van der Waals surface area contributed by atoms with Gasteiger partial charge in [0.1, 0.15) is 11.5 Å². The van der Waals surface area contributed by atoms with Crippen molar-refractivity contribution in [3.63, 3.8) is 0 Å². The first-order valence-corrected chi connectivity index (χ1v) is 7.57. The summed E-state index contributed by atoms with van der Waals surface area (Å²) in [4.78, 5) is 0.119. The normalized spacial score (nSPS) is 11.5. The van der Waals surface area contributed by atoms with Crippen molar-refractivity contribution in [2.24, 2.45) is 4.40 Å². The molecular formula is C15H15NO4S. The average Bonchev–Trinajstić information content (AvgIpc) is 2.53. The Morgan fingerprint density at radius 1 is 0.857 bits per heavy atom. The van der Waals surface area contributed by atoms with Crippen molar-refractivity contribution in [1.29, 1.82) is 0 Å². The zero-order valence-corrected chi connectivity index (χ0v) is 12.5. The van der Waals surface area contributed by atoms with Gasteiger partial charge in [-0.05, 0) is 54.1 Å². The maximum atomic E-state index is 12.1. The Labute approximate surface area is 123 Å². The third-order valence-electron chi connectivity index (χ3n) is 2.81. The molecule has 2 rings (SSSR count). The predicted octanol–water partition coefficient (Wildman–Crippen LogP) is 2.51. The van der Waals surface area contributed by atoms with E-state index in [1.54, 1.807) is 43.5 Å². The maximum Gasteiger partial charge on any atom is 0.282 e. The van der Waals surface area contributed by atoms with Crippen molar-refractivity contribution < 1.29 is 17.9 Å². The van der Waals surface area contributed by atoms with Crippen LogP contribution in [0.1, 0.15) is 5.56 Å². The summed E-state index contributed by atoms with van der Waals surface area (Å²) in [6, 6.07) is 13.0. The summed E-state index contributed by atoms with van der Waals surface area (Å²) in [6.45, 7) is 0. The number of rotatable bonds is 5.